The maximum absolute atomic E-state index is 16.0. The van der Waals surface area contributed by atoms with Gasteiger partial charge in [0.05, 0.1) is 25.9 Å². The van der Waals surface area contributed by atoms with Crippen LogP contribution in [0.1, 0.15) is 29.4 Å². The van der Waals surface area contributed by atoms with Crippen LogP contribution in [-0.4, -0.2) is 101 Å². The van der Waals surface area contributed by atoms with Crippen LogP contribution in [0.15, 0.2) is 22.4 Å². The summed E-state index contributed by atoms with van der Waals surface area (Å²) in [6.45, 7) is -10.9. The molecule has 3 aromatic rings. The van der Waals surface area contributed by atoms with Crippen LogP contribution in [0.4, 0.5) is 24.9 Å². The van der Waals surface area contributed by atoms with Gasteiger partial charge in [-0.1, -0.05) is 0 Å². The number of ether oxygens (including phenoxy) is 2. The third kappa shape index (κ3) is 5.47. The van der Waals surface area contributed by atoms with Crippen molar-refractivity contribution in [2.75, 3.05) is 18.9 Å². The van der Waals surface area contributed by atoms with Crippen molar-refractivity contribution in [1.82, 2.24) is 29.1 Å². The van der Waals surface area contributed by atoms with E-state index in [-0.39, 0.29) is 35.0 Å². The van der Waals surface area contributed by atoms with E-state index in [1.54, 1.807) is 0 Å². The molecule has 2 unspecified atom stereocenters. The topological polar surface area (TPSA) is 233 Å². The number of carbonyl (C=O) groups is 1. The third-order valence-corrected chi connectivity index (χ3v) is 10.5. The summed E-state index contributed by atoms with van der Waals surface area (Å²) in [5, 5.41) is 0. The molecule has 46 heavy (non-hydrogen) atoms. The molecule has 7 rings (SSSR count). The summed E-state index contributed by atoms with van der Waals surface area (Å²) in [5.41, 5.74) is 4.46. The molecular weight excluding hydrogens is 707 g/mol. The number of aromatic amines is 1. The van der Waals surface area contributed by atoms with Crippen LogP contribution in [0.25, 0.3) is 11.2 Å². The lowest BCUT2D eigenvalue weighted by Crippen LogP contribution is -2.41. The number of nitrogen functional groups attached to an aromatic ring is 1. The van der Waals surface area contributed by atoms with E-state index >= 15 is 13.2 Å². The van der Waals surface area contributed by atoms with Crippen LogP contribution >= 0.6 is 13.4 Å². The maximum Gasteiger partial charge on any atom is 0.325 e. The molecule has 3 aromatic heterocycles. The van der Waals surface area contributed by atoms with E-state index in [4.69, 9.17) is 56.9 Å². The number of fused-ring (bicyclic) bond motifs is 5. The number of H-pyrrole nitrogens is 1. The number of carbonyl (C=O) groups excluding carboxylic acids is 1. The van der Waals surface area contributed by atoms with Gasteiger partial charge in [0.15, 0.2) is 47.0 Å². The Bertz CT molecular complexity index is 1930. The monoisotopic (exact) mass is 728 g/mol. The highest BCUT2D eigenvalue weighted by Gasteiger charge is 2.63. The van der Waals surface area contributed by atoms with E-state index in [9.17, 15) is 19.4 Å². The van der Waals surface area contributed by atoms with Gasteiger partial charge in [-0.25, -0.2) is 19.4 Å². The largest absolute Gasteiger partial charge is 0.369 e. The molecule has 0 radical (unpaired) electrons. The Morgan fingerprint density at radius 1 is 1.04 bits per heavy atom. The normalized spacial score (nSPS) is 37.8. The first-order valence-corrected chi connectivity index (χ1v) is 18.3. The van der Waals surface area contributed by atoms with Crippen LogP contribution in [0.5, 0.6) is 0 Å². The molecule has 5 N–H and O–H groups in total. The first kappa shape index (κ1) is 32.0. The maximum atomic E-state index is 16.0. The number of aromatic nitrogens is 6. The predicted molar refractivity (Wildman–Crippen MR) is 154 cm³/mol. The summed E-state index contributed by atoms with van der Waals surface area (Å²) in [6, 6.07) is 0. The number of hydrogen-bond donors (Lipinski definition) is 4. The molecule has 0 saturated carbocycles. The van der Waals surface area contributed by atoms with E-state index in [0.717, 1.165) is 21.8 Å². The average molecular weight is 729 g/mol. The number of hydrogen-bond acceptors (Lipinski definition) is 15. The summed E-state index contributed by atoms with van der Waals surface area (Å²) in [6.07, 6.45) is -10.3. The minimum atomic E-state index is -4.61. The lowest BCUT2D eigenvalue weighted by molar-refractivity contribution is -0.136. The highest BCUT2D eigenvalue weighted by Crippen LogP contribution is 2.57. The zero-order valence-electron chi connectivity index (χ0n) is 22.7. The Hall–Kier alpha value is -2.53. The summed E-state index contributed by atoms with van der Waals surface area (Å²) < 4.78 is 82.4. The molecule has 4 aliphatic rings. The van der Waals surface area contributed by atoms with Crippen molar-refractivity contribution in [3.05, 3.63) is 28.7 Å². The summed E-state index contributed by atoms with van der Waals surface area (Å²) >= 11 is 10.1. The number of nitrogens with zero attached hydrogens (tertiary/aromatic N) is 6. The minimum Gasteiger partial charge on any atom is -0.369 e. The highest BCUT2D eigenvalue weighted by molar-refractivity contribution is 8.07. The fraction of sp³-hybridized carbons (Fsp3) is 0.524. The third-order valence-electron chi connectivity index (χ3n) is 7.42. The van der Waals surface area contributed by atoms with Gasteiger partial charge in [-0.2, -0.15) is 13.8 Å². The van der Waals surface area contributed by atoms with Gasteiger partial charge in [-0.3, -0.25) is 32.8 Å². The van der Waals surface area contributed by atoms with Gasteiger partial charge < -0.3 is 34.0 Å². The van der Waals surface area contributed by atoms with Crippen molar-refractivity contribution in [3.63, 3.8) is 0 Å². The molecule has 248 valence electrons. The molecule has 0 spiro atoms. The van der Waals surface area contributed by atoms with Crippen molar-refractivity contribution in [2.24, 2.45) is 4.99 Å². The summed E-state index contributed by atoms with van der Waals surface area (Å²) in [4.78, 5) is 64.4. The number of nitrogens with one attached hydrogen (secondary N) is 1. The van der Waals surface area contributed by atoms with Crippen LogP contribution in [0.2, 0.25) is 0 Å². The smallest absolute Gasteiger partial charge is 0.325 e. The average Bonchev–Trinajstić information content (AvgIpc) is 3.71. The van der Waals surface area contributed by atoms with Gasteiger partial charge in [0, 0.05) is 12.6 Å². The fourth-order valence-electron chi connectivity index (χ4n) is 5.38. The molecule has 0 aromatic carbocycles. The fourth-order valence-corrected chi connectivity index (χ4v) is 8.21. The number of halogens is 3. The Labute approximate surface area is 264 Å². The molecule has 2 bridgehead atoms. The first-order valence-electron chi connectivity index (χ1n) is 13.1. The number of aliphatic imine (C=N–C) groups is 1. The standard InChI is InChI=1S/C21H21F3N8O10P2S2/c22-10-8-3-37-44(36,46)42-14-9(40-19(21(14,23)24)32-6-27-11-7(33)1-2-26-15(11)32)4-38-43(35,45)41-13(10)18(39-8)31-5-28-12-16(31)29-20(25)30-17(12)34/h2,5-6,8-10,13-14,18-19H,1,3-4H2,(H,35,45)(H,36,46)(H3,25,29,30,34)/t8-,9-,10-,13-,14-,18-,19-,43?,44?/m1/s1. The second-order valence-corrected chi connectivity index (χ2v) is 16.0. The molecule has 9 atom stereocenters. The number of nitrogens with two attached hydrogens (primary N) is 1. The molecule has 7 heterocycles. The molecule has 0 amide bonds. The number of imidazole rings is 2. The molecule has 3 fully saturated rings. The lowest BCUT2D eigenvalue weighted by atomic mass is 10.1. The Kier molecular flexibility index (Phi) is 7.86. The minimum absolute atomic E-state index is 0.0771. The van der Waals surface area contributed by atoms with Crippen molar-refractivity contribution >= 4 is 72.0 Å². The van der Waals surface area contributed by atoms with Gasteiger partial charge in [-0.05, 0) is 23.6 Å². The quantitative estimate of drug-likeness (QED) is 0.269. The van der Waals surface area contributed by atoms with E-state index in [1.165, 1.54) is 6.21 Å². The van der Waals surface area contributed by atoms with Gasteiger partial charge in [0.2, 0.25) is 12.2 Å². The molecule has 18 nitrogen and oxygen atoms in total. The molecule has 4 aliphatic heterocycles. The predicted octanol–water partition coefficient (Wildman–Crippen LogP) is 0.906. The van der Waals surface area contributed by atoms with Crippen molar-refractivity contribution in [1.29, 1.82) is 0 Å². The zero-order chi connectivity index (χ0) is 32.8. The zero-order valence-corrected chi connectivity index (χ0v) is 26.1. The SMILES string of the molecule is Nc1nc2c(ncn2[C@@H]2O[C@@H]3COP(O)(=S)O[C@@H]4[C@@H](COP(O)(=S)O[C@@H]2[C@@H]3F)O[C@@H](n2cnc3c2N=CCC3=O)C4(F)F)c(=O)[nH]1. The molecular formula is C21H21F3N8O10P2S2. The molecule has 3 saturated heterocycles. The second kappa shape index (κ2) is 11.3. The Morgan fingerprint density at radius 2 is 1.74 bits per heavy atom. The van der Waals surface area contributed by atoms with Crippen LogP contribution in [0, 0.1) is 0 Å². The van der Waals surface area contributed by atoms with Gasteiger partial charge in [-0.15, -0.1) is 0 Å². The molecule has 25 heteroatoms. The van der Waals surface area contributed by atoms with Crippen LogP contribution in [0.3, 0.4) is 0 Å². The van der Waals surface area contributed by atoms with Gasteiger partial charge in [0.25, 0.3) is 5.56 Å². The van der Waals surface area contributed by atoms with Crippen molar-refractivity contribution < 1.29 is 55.3 Å². The Morgan fingerprint density at radius 3 is 2.50 bits per heavy atom. The van der Waals surface area contributed by atoms with Gasteiger partial charge in [0.1, 0.15) is 18.3 Å². The summed E-state index contributed by atoms with van der Waals surface area (Å²) in [5.74, 6) is -4.96. The van der Waals surface area contributed by atoms with Gasteiger partial charge >= 0.3 is 19.4 Å². The second-order valence-electron chi connectivity index (χ2n) is 10.4. The number of anilines is 1. The molecule has 0 aliphatic carbocycles. The highest BCUT2D eigenvalue weighted by atomic mass is 32.5. The first-order chi connectivity index (χ1) is 21.6. The van der Waals surface area contributed by atoms with Crippen molar-refractivity contribution in [3.8, 4) is 0 Å². The summed E-state index contributed by atoms with van der Waals surface area (Å²) in [7, 11) is 0. The number of rotatable bonds is 2. The van der Waals surface area contributed by atoms with E-state index in [1.807, 2.05) is 0 Å². The van der Waals surface area contributed by atoms with E-state index < -0.39 is 87.0 Å². The van der Waals surface area contributed by atoms with Crippen molar-refractivity contribution in [2.45, 2.75) is 55.4 Å². The number of alkyl halides is 3. The van der Waals surface area contributed by atoms with E-state index in [0.29, 0.717) is 0 Å². The number of ketones is 1. The van der Waals surface area contributed by atoms with Crippen LogP contribution < -0.4 is 11.3 Å². The Balaban J connectivity index is 1.22. The lowest BCUT2D eigenvalue weighted by Gasteiger charge is -2.29. The van der Waals surface area contributed by atoms with E-state index in [2.05, 4.69) is 24.9 Å². The van der Waals surface area contributed by atoms with Crippen LogP contribution in [-0.2, 0) is 51.2 Å². The number of Topliss-reactive ketones (excluding diaryl/α,β-unsaturated/α-hetero) is 1.